The highest BCUT2D eigenvalue weighted by Crippen LogP contribution is 2.19. The highest BCUT2D eigenvalue weighted by molar-refractivity contribution is 7.91. The Morgan fingerprint density at radius 2 is 1.89 bits per heavy atom. The minimum absolute atomic E-state index is 0.0140. The summed E-state index contributed by atoms with van der Waals surface area (Å²) in [6, 6.07) is -0.339. The maximum absolute atomic E-state index is 12.2. The van der Waals surface area contributed by atoms with Crippen LogP contribution in [0.5, 0.6) is 0 Å². The summed E-state index contributed by atoms with van der Waals surface area (Å²) >= 11 is 0. The fourth-order valence-electron chi connectivity index (χ4n) is 2.77. The number of nitrogens with zero attached hydrogens (tertiary/aromatic N) is 2. The first kappa shape index (κ1) is 14.3. The van der Waals surface area contributed by atoms with Gasteiger partial charge in [-0.3, -0.25) is 9.59 Å². The van der Waals surface area contributed by atoms with Crippen molar-refractivity contribution < 1.29 is 18.0 Å². The maximum atomic E-state index is 12.2. The van der Waals surface area contributed by atoms with Crippen molar-refractivity contribution in [2.45, 2.75) is 32.2 Å². The molecule has 2 amide bonds. The van der Waals surface area contributed by atoms with Gasteiger partial charge in [-0.05, 0) is 26.2 Å². The van der Waals surface area contributed by atoms with Crippen molar-refractivity contribution in [2.75, 3.05) is 31.1 Å². The monoisotopic (exact) mass is 288 g/mol. The van der Waals surface area contributed by atoms with Gasteiger partial charge >= 0.3 is 11.8 Å². The van der Waals surface area contributed by atoms with E-state index in [0.717, 1.165) is 12.8 Å². The van der Waals surface area contributed by atoms with Gasteiger partial charge in [-0.2, -0.15) is 0 Å². The first-order valence-corrected chi connectivity index (χ1v) is 8.57. The average molecular weight is 288 g/mol. The number of hydrogen-bond acceptors (Lipinski definition) is 4. The van der Waals surface area contributed by atoms with Crippen LogP contribution in [0, 0.1) is 0 Å². The van der Waals surface area contributed by atoms with Crippen molar-refractivity contribution in [3.05, 3.63) is 0 Å². The van der Waals surface area contributed by atoms with Gasteiger partial charge in [-0.15, -0.1) is 0 Å². The van der Waals surface area contributed by atoms with Crippen LogP contribution in [-0.4, -0.2) is 67.2 Å². The van der Waals surface area contributed by atoms with Gasteiger partial charge in [0.05, 0.1) is 11.5 Å². The molecular weight excluding hydrogens is 268 g/mol. The first-order chi connectivity index (χ1) is 8.94. The van der Waals surface area contributed by atoms with Crippen LogP contribution in [0.25, 0.3) is 0 Å². The Kier molecular flexibility index (Phi) is 4.13. The summed E-state index contributed by atoms with van der Waals surface area (Å²) in [5.74, 6) is -0.936. The molecule has 0 N–H and O–H groups in total. The molecule has 1 unspecified atom stereocenters. The van der Waals surface area contributed by atoms with Gasteiger partial charge in [0, 0.05) is 25.7 Å². The molecule has 0 bridgehead atoms. The molecule has 2 heterocycles. The summed E-state index contributed by atoms with van der Waals surface area (Å²) in [4.78, 5) is 27.2. The Bertz CT molecular complexity index is 468. The topological polar surface area (TPSA) is 74.8 Å². The number of likely N-dealkylation sites (tertiary alicyclic amines) is 1. The van der Waals surface area contributed by atoms with Crippen LogP contribution in [0.3, 0.4) is 0 Å². The molecule has 0 aromatic carbocycles. The molecule has 2 aliphatic heterocycles. The number of sulfone groups is 1. The van der Waals surface area contributed by atoms with Crippen LogP contribution >= 0.6 is 0 Å². The van der Waals surface area contributed by atoms with Crippen molar-refractivity contribution in [3.63, 3.8) is 0 Å². The minimum atomic E-state index is -3.05. The lowest BCUT2D eigenvalue weighted by atomic mass is 10.2. The van der Waals surface area contributed by atoms with Crippen LogP contribution in [0.4, 0.5) is 0 Å². The Balaban J connectivity index is 2.05. The van der Waals surface area contributed by atoms with Gasteiger partial charge in [0.1, 0.15) is 0 Å². The summed E-state index contributed by atoms with van der Waals surface area (Å²) in [5, 5.41) is 0. The normalized spacial score (nSPS) is 25.5. The molecule has 0 radical (unpaired) electrons. The lowest BCUT2D eigenvalue weighted by molar-refractivity contribution is -0.152. The third-order valence-electron chi connectivity index (χ3n) is 3.83. The maximum Gasteiger partial charge on any atom is 0.312 e. The van der Waals surface area contributed by atoms with E-state index in [-0.39, 0.29) is 17.5 Å². The fraction of sp³-hybridized carbons (Fsp3) is 0.833. The summed E-state index contributed by atoms with van der Waals surface area (Å²) in [6.07, 6.45) is 2.31. The van der Waals surface area contributed by atoms with Crippen LogP contribution < -0.4 is 0 Å². The number of rotatable bonds is 2. The highest BCUT2D eigenvalue weighted by atomic mass is 32.2. The molecule has 0 aromatic heterocycles. The molecule has 2 fully saturated rings. The summed E-state index contributed by atoms with van der Waals surface area (Å²) in [6.45, 7) is 3.41. The molecule has 0 saturated carbocycles. The lowest BCUT2D eigenvalue weighted by Crippen LogP contribution is -2.49. The molecule has 2 aliphatic rings. The van der Waals surface area contributed by atoms with Crippen LogP contribution in [0.15, 0.2) is 0 Å². The van der Waals surface area contributed by atoms with E-state index in [0.29, 0.717) is 26.1 Å². The van der Waals surface area contributed by atoms with E-state index in [9.17, 15) is 18.0 Å². The SMILES string of the molecule is CCN(C(=O)C(=O)N1CCCC1)C1CCS(=O)(=O)C1. The Hall–Kier alpha value is -1.11. The molecule has 2 saturated heterocycles. The predicted molar refractivity (Wildman–Crippen MR) is 70.3 cm³/mol. The molecule has 7 heteroatoms. The van der Waals surface area contributed by atoms with E-state index < -0.39 is 21.7 Å². The molecule has 0 spiro atoms. The van der Waals surface area contributed by atoms with Crippen LogP contribution in [0.1, 0.15) is 26.2 Å². The fourth-order valence-corrected chi connectivity index (χ4v) is 4.50. The molecule has 108 valence electrons. The molecule has 0 aliphatic carbocycles. The van der Waals surface area contributed by atoms with Crippen LogP contribution in [0.2, 0.25) is 0 Å². The van der Waals surface area contributed by atoms with E-state index >= 15 is 0 Å². The molecule has 1 atom stereocenters. The lowest BCUT2D eigenvalue weighted by Gasteiger charge is -2.28. The second-order valence-corrected chi connectivity index (χ2v) is 7.38. The van der Waals surface area contributed by atoms with E-state index in [1.165, 1.54) is 4.90 Å². The largest absolute Gasteiger partial charge is 0.334 e. The highest BCUT2D eigenvalue weighted by Gasteiger charge is 2.37. The number of amides is 2. The average Bonchev–Trinajstić information content (AvgIpc) is 2.98. The smallest absolute Gasteiger partial charge is 0.312 e. The predicted octanol–water partition coefficient (Wildman–Crippen LogP) is -0.356. The van der Waals surface area contributed by atoms with Crippen molar-refractivity contribution in [3.8, 4) is 0 Å². The van der Waals surface area contributed by atoms with E-state index in [1.54, 1.807) is 11.8 Å². The van der Waals surface area contributed by atoms with E-state index in [1.807, 2.05) is 0 Å². The van der Waals surface area contributed by atoms with Gasteiger partial charge < -0.3 is 9.80 Å². The van der Waals surface area contributed by atoms with Crippen molar-refractivity contribution in [2.24, 2.45) is 0 Å². The molecule has 2 rings (SSSR count). The molecular formula is C12H20N2O4S. The molecule has 6 nitrogen and oxygen atoms in total. The quantitative estimate of drug-likeness (QED) is 0.651. The summed E-state index contributed by atoms with van der Waals surface area (Å²) in [7, 11) is -3.05. The van der Waals surface area contributed by atoms with Crippen molar-refractivity contribution in [1.29, 1.82) is 0 Å². The Morgan fingerprint density at radius 3 is 2.37 bits per heavy atom. The third kappa shape index (κ3) is 3.08. The zero-order valence-electron chi connectivity index (χ0n) is 11.2. The van der Waals surface area contributed by atoms with Crippen molar-refractivity contribution in [1.82, 2.24) is 9.80 Å². The molecule has 0 aromatic rings. The van der Waals surface area contributed by atoms with Gasteiger partial charge in [0.25, 0.3) is 0 Å². The van der Waals surface area contributed by atoms with Crippen LogP contribution in [-0.2, 0) is 19.4 Å². The summed E-state index contributed by atoms with van der Waals surface area (Å²) in [5.41, 5.74) is 0. The molecule has 19 heavy (non-hydrogen) atoms. The zero-order valence-corrected chi connectivity index (χ0v) is 12.0. The second kappa shape index (κ2) is 5.48. The van der Waals surface area contributed by atoms with Gasteiger partial charge in [0.15, 0.2) is 9.84 Å². The van der Waals surface area contributed by atoms with Crippen molar-refractivity contribution >= 4 is 21.7 Å². The minimum Gasteiger partial charge on any atom is -0.334 e. The third-order valence-corrected chi connectivity index (χ3v) is 5.58. The van der Waals surface area contributed by atoms with E-state index in [4.69, 9.17) is 0 Å². The Morgan fingerprint density at radius 1 is 1.26 bits per heavy atom. The number of carbonyl (C=O) groups is 2. The first-order valence-electron chi connectivity index (χ1n) is 6.75. The van der Waals surface area contributed by atoms with E-state index in [2.05, 4.69) is 0 Å². The van der Waals surface area contributed by atoms with Gasteiger partial charge in [-0.1, -0.05) is 0 Å². The van der Waals surface area contributed by atoms with Gasteiger partial charge in [0.2, 0.25) is 0 Å². The van der Waals surface area contributed by atoms with Gasteiger partial charge in [-0.25, -0.2) is 8.42 Å². The Labute approximate surface area is 113 Å². The number of carbonyl (C=O) groups excluding carboxylic acids is 2. The number of likely N-dealkylation sites (N-methyl/N-ethyl adjacent to an activating group) is 1. The number of hydrogen-bond donors (Lipinski definition) is 0. The second-order valence-electron chi connectivity index (χ2n) is 5.15. The standard InChI is InChI=1S/C12H20N2O4S/c1-2-14(10-5-8-19(17,18)9-10)12(16)11(15)13-6-3-4-7-13/h10H,2-9H2,1H3. The summed E-state index contributed by atoms with van der Waals surface area (Å²) < 4.78 is 23.0. The zero-order chi connectivity index (χ0) is 14.0.